The maximum absolute atomic E-state index is 16.1. The number of urea groups is 1. The Morgan fingerprint density at radius 3 is 2.38 bits per heavy atom. The molecule has 11 nitrogen and oxygen atoms in total. The van der Waals surface area contributed by atoms with Crippen molar-refractivity contribution in [3.05, 3.63) is 67.7 Å². The van der Waals surface area contributed by atoms with Crippen LogP contribution in [0.15, 0.2) is 35.3 Å². The quantitative estimate of drug-likeness (QED) is 0.316. The molecule has 3 atom stereocenters. The van der Waals surface area contributed by atoms with Gasteiger partial charge in [-0.15, -0.1) is 0 Å². The number of hydrogen-bond donors (Lipinski definition) is 3. The number of rotatable bonds is 8. The number of hydrogen-bond acceptors (Lipinski definition) is 6. The molecule has 3 aromatic rings. The van der Waals surface area contributed by atoms with Gasteiger partial charge in [0.2, 0.25) is 5.43 Å². The van der Waals surface area contributed by atoms with Crippen LogP contribution in [0.3, 0.4) is 0 Å². The van der Waals surface area contributed by atoms with Crippen molar-refractivity contribution in [1.82, 2.24) is 20.1 Å². The summed E-state index contributed by atoms with van der Waals surface area (Å²) in [7, 11) is 1.40. The summed E-state index contributed by atoms with van der Waals surface area (Å²) in [6, 6.07) is 3.59. The Morgan fingerprint density at radius 2 is 1.80 bits per heavy atom. The third kappa shape index (κ3) is 6.39. The first kappa shape index (κ1) is 32.4. The number of carbonyl (C=O) groups is 3. The molecule has 0 spiro atoms. The molecule has 14 heteroatoms. The maximum Gasteiger partial charge on any atom is 0.325 e. The summed E-state index contributed by atoms with van der Waals surface area (Å²) >= 11 is 12.2. The Morgan fingerprint density at radius 1 is 1.13 bits per heavy atom. The van der Waals surface area contributed by atoms with Gasteiger partial charge in [0.1, 0.15) is 17.3 Å². The molecule has 0 radical (unpaired) electrons. The van der Waals surface area contributed by atoms with Crippen molar-refractivity contribution in [2.45, 2.75) is 64.3 Å². The molecule has 2 aliphatic rings. The lowest BCUT2D eigenvalue weighted by Gasteiger charge is -2.45. The summed E-state index contributed by atoms with van der Waals surface area (Å²) in [6.45, 7) is 5.47. The SMILES string of the molecule is COc1c(N2CC(C)N(C(=O)N[C@@H](C)C(=O)O)C(C)C2)c(F)cc2c(=O)c(C(=O)NCc3ccc(Cl)cc3Cl)cn(C3CC3)c12. The van der Waals surface area contributed by atoms with E-state index in [-0.39, 0.29) is 48.1 Å². The number of pyridine rings is 1. The van der Waals surface area contributed by atoms with E-state index in [0.29, 0.717) is 21.1 Å². The topological polar surface area (TPSA) is 133 Å². The van der Waals surface area contributed by atoms with E-state index in [2.05, 4.69) is 10.6 Å². The molecule has 1 aliphatic carbocycles. The van der Waals surface area contributed by atoms with Crippen molar-refractivity contribution in [2.24, 2.45) is 0 Å². The summed E-state index contributed by atoms with van der Waals surface area (Å²) in [5.74, 6) is -2.33. The second-order valence-electron chi connectivity index (χ2n) is 11.6. The van der Waals surface area contributed by atoms with Crippen LogP contribution in [0, 0.1) is 5.82 Å². The molecule has 3 amide bonds. The molecule has 2 aromatic carbocycles. The average Bonchev–Trinajstić information content (AvgIpc) is 3.81. The number of nitrogens with zero attached hydrogens (tertiary/aromatic N) is 3. The largest absolute Gasteiger partial charge is 0.492 e. The molecule has 45 heavy (non-hydrogen) atoms. The van der Waals surface area contributed by atoms with Gasteiger partial charge in [0.15, 0.2) is 11.6 Å². The van der Waals surface area contributed by atoms with Crippen LogP contribution in [0.5, 0.6) is 5.75 Å². The minimum Gasteiger partial charge on any atom is -0.492 e. The highest BCUT2D eigenvalue weighted by atomic mass is 35.5. The predicted molar refractivity (Wildman–Crippen MR) is 169 cm³/mol. The minimum absolute atomic E-state index is 0.00723. The Kier molecular flexibility index (Phi) is 9.18. The van der Waals surface area contributed by atoms with Crippen molar-refractivity contribution >= 4 is 57.7 Å². The standard InChI is InChI=1S/C31H34Cl2FN5O6/c1-15-12-37(13-16(2)39(15)31(44)36-17(3)30(42)43)26-24(34)10-21-25(28(26)45-4)38(20-7-8-20)14-22(27(21)40)29(41)35-11-18-5-6-19(32)9-23(18)33/h5-6,9-10,14-17,20H,7-8,11-13H2,1-4H3,(H,35,41)(H,36,44)(H,42,43)/t15?,16?,17-/m0/s1. The highest BCUT2D eigenvalue weighted by Crippen LogP contribution is 2.44. The lowest BCUT2D eigenvalue weighted by molar-refractivity contribution is -0.138. The van der Waals surface area contributed by atoms with Crippen LogP contribution in [0.1, 0.15) is 55.6 Å². The van der Waals surface area contributed by atoms with Crippen molar-refractivity contribution in [3.63, 3.8) is 0 Å². The normalized spacial score (nSPS) is 18.9. The number of methoxy groups -OCH3 is 1. The molecular formula is C31H34Cl2FN5O6. The number of carboxylic acids is 1. The van der Waals surface area contributed by atoms with E-state index >= 15 is 4.39 Å². The molecule has 1 aromatic heterocycles. The molecule has 240 valence electrons. The van der Waals surface area contributed by atoms with E-state index in [4.69, 9.17) is 27.9 Å². The number of carbonyl (C=O) groups excluding carboxylic acids is 2. The summed E-state index contributed by atoms with van der Waals surface area (Å²) in [6.07, 6.45) is 3.13. The Hall–Kier alpha value is -4.03. The lowest BCUT2D eigenvalue weighted by atomic mass is 10.0. The first-order valence-corrected chi connectivity index (χ1v) is 15.3. The van der Waals surface area contributed by atoms with Crippen molar-refractivity contribution in [1.29, 1.82) is 0 Å². The van der Waals surface area contributed by atoms with Gasteiger partial charge >= 0.3 is 12.0 Å². The summed E-state index contributed by atoms with van der Waals surface area (Å²) in [4.78, 5) is 54.5. The molecule has 2 unspecified atom stereocenters. The number of carboxylic acid groups (broad SMARTS) is 1. The molecule has 5 rings (SSSR count). The van der Waals surface area contributed by atoms with E-state index in [1.54, 1.807) is 41.8 Å². The fraction of sp³-hybridized carbons (Fsp3) is 0.419. The van der Waals surface area contributed by atoms with E-state index in [0.717, 1.165) is 18.9 Å². The van der Waals surface area contributed by atoms with E-state index in [1.807, 2.05) is 4.57 Å². The van der Waals surface area contributed by atoms with Gasteiger partial charge in [-0.3, -0.25) is 14.4 Å². The van der Waals surface area contributed by atoms with Crippen molar-refractivity contribution in [3.8, 4) is 5.75 Å². The van der Waals surface area contributed by atoms with Crippen LogP contribution in [-0.4, -0.2) is 70.8 Å². The molecule has 1 aliphatic heterocycles. The van der Waals surface area contributed by atoms with E-state index in [1.165, 1.54) is 20.2 Å². The van der Waals surface area contributed by atoms with Crippen LogP contribution >= 0.6 is 23.2 Å². The summed E-state index contributed by atoms with van der Waals surface area (Å²) in [5, 5.41) is 15.2. The van der Waals surface area contributed by atoms with Crippen LogP contribution in [0.4, 0.5) is 14.9 Å². The Labute approximate surface area is 268 Å². The number of ether oxygens (including phenoxy) is 1. The van der Waals surface area contributed by atoms with E-state index in [9.17, 15) is 24.3 Å². The van der Waals surface area contributed by atoms with Crippen LogP contribution < -0.4 is 25.7 Å². The fourth-order valence-electron chi connectivity index (χ4n) is 5.90. The van der Waals surface area contributed by atoms with Gasteiger partial charge in [-0.2, -0.15) is 0 Å². The van der Waals surface area contributed by atoms with Crippen LogP contribution in [-0.2, 0) is 11.3 Å². The maximum atomic E-state index is 16.1. The second-order valence-corrected chi connectivity index (χ2v) is 12.4. The van der Waals surface area contributed by atoms with Gasteiger partial charge in [-0.05, 0) is 57.4 Å². The number of nitrogens with one attached hydrogen (secondary N) is 2. The van der Waals surface area contributed by atoms with Crippen LogP contribution in [0.25, 0.3) is 10.9 Å². The fourth-order valence-corrected chi connectivity index (χ4v) is 6.37. The summed E-state index contributed by atoms with van der Waals surface area (Å²) in [5.41, 5.74) is 0.375. The number of benzene rings is 2. The molecular weight excluding hydrogens is 628 g/mol. The third-order valence-corrected chi connectivity index (χ3v) is 8.81. The first-order chi connectivity index (χ1) is 21.3. The number of anilines is 1. The molecule has 1 saturated heterocycles. The van der Waals surface area contributed by atoms with Gasteiger partial charge in [-0.25, -0.2) is 9.18 Å². The first-order valence-electron chi connectivity index (χ1n) is 14.6. The molecule has 2 fully saturated rings. The third-order valence-electron chi connectivity index (χ3n) is 8.22. The zero-order valence-corrected chi connectivity index (χ0v) is 26.7. The highest BCUT2D eigenvalue weighted by molar-refractivity contribution is 6.35. The Balaban J connectivity index is 1.50. The van der Waals surface area contributed by atoms with Gasteiger partial charge in [0.05, 0.1) is 18.0 Å². The van der Waals surface area contributed by atoms with Gasteiger partial charge in [-0.1, -0.05) is 29.3 Å². The van der Waals surface area contributed by atoms with E-state index < -0.39 is 47.3 Å². The van der Waals surface area contributed by atoms with Crippen molar-refractivity contribution < 1.29 is 28.6 Å². The number of piperazine rings is 1. The molecule has 1 saturated carbocycles. The van der Waals surface area contributed by atoms with Gasteiger partial charge in [0, 0.05) is 54.0 Å². The highest BCUT2D eigenvalue weighted by Gasteiger charge is 2.37. The molecule has 0 bridgehead atoms. The van der Waals surface area contributed by atoms with Gasteiger partial charge in [0.25, 0.3) is 5.91 Å². The van der Waals surface area contributed by atoms with Gasteiger partial charge < -0.3 is 34.8 Å². The van der Waals surface area contributed by atoms with Crippen LogP contribution in [0.2, 0.25) is 10.0 Å². The number of aliphatic carboxylic acids is 1. The summed E-state index contributed by atoms with van der Waals surface area (Å²) < 4.78 is 23.7. The monoisotopic (exact) mass is 661 g/mol. The number of halogens is 3. The molecule has 2 heterocycles. The van der Waals surface area contributed by atoms with Crippen molar-refractivity contribution in [2.75, 3.05) is 25.1 Å². The number of amides is 3. The predicted octanol–water partition coefficient (Wildman–Crippen LogP) is 4.80. The number of fused-ring (bicyclic) bond motifs is 1. The zero-order chi connectivity index (χ0) is 32.7. The zero-order valence-electron chi connectivity index (χ0n) is 25.2. The minimum atomic E-state index is -1.15. The molecule has 3 N–H and O–H groups in total. The lowest BCUT2D eigenvalue weighted by Crippen LogP contribution is -2.62. The smallest absolute Gasteiger partial charge is 0.325 e. The number of aromatic nitrogens is 1. The Bertz CT molecular complexity index is 1730. The average molecular weight is 663 g/mol. The second kappa shape index (κ2) is 12.8.